The molecule has 0 spiro atoms. The van der Waals surface area contributed by atoms with E-state index in [1.165, 1.54) is 19.3 Å². The maximum Gasteiger partial charge on any atom is 0.254 e. The van der Waals surface area contributed by atoms with Gasteiger partial charge in [-0.3, -0.25) is 4.79 Å². The molecule has 172 valence electrons. The Bertz CT molecular complexity index is 1170. The van der Waals surface area contributed by atoms with E-state index < -0.39 is 0 Å². The molecule has 0 aliphatic carbocycles. The number of fused-ring (bicyclic) bond motifs is 2. The minimum absolute atomic E-state index is 0.151. The molecule has 1 amide bonds. The third kappa shape index (κ3) is 3.50. The van der Waals surface area contributed by atoms with Crippen molar-refractivity contribution in [1.82, 2.24) is 24.6 Å². The number of piperidine rings is 2. The summed E-state index contributed by atoms with van der Waals surface area (Å²) in [7, 11) is 3.94. The molecule has 2 fully saturated rings. The van der Waals surface area contributed by atoms with Gasteiger partial charge in [-0.15, -0.1) is 0 Å². The fourth-order valence-electron chi connectivity index (χ4n) is 6.21. The van der Waals surface area contributed by atoms with E-state index in [1.54, 1.807) is 13.3 Å². The van der Waals surface area contributed by atoms with Crippen LogP contribution in [0.15, 0.2) is 36.5 Å². The van der Waals surface area contributed by atoms with Crippen LogP contribution in [0.25, 0.3) is 11.0 Å². The molecule has 2 atom stereocenters. The lowest BCUT2D eigenvalue weighted by Crippen LogP contribution is -2.56. The average molecular weight is 446 g/mol. The predicted molar refractivity (Wildman–Crippen MR) is 127 cm³/mol. The van der Waals surface area contributed by atoms with E-state index in [9.17, 15) is 4.79 Å². The van der Waals surface area contributed by atoms with E-state index in [2.05, 4.69) is 21.8 Å². The van der Waals surface area contributed by atoms with Gasteiger partial charge in [0.05, 0.1) is 30.3 Å². The summed E-state index contributed by atoms with van der Waals surface area (Å²) >= 11 is 0. The van der Waals surface area contributed by atoms with Crippen LogP contribution in [0.4, 0.5) is 0 Å². The number of pyridine rings is 1. The molecular weight excluding hydrogens is 414 g/mol. The molecule has 1 aromatic carbocycles. The predicted octanol–water partition coefficient (Wildman–Crippen LogP) is 3.50. The minimum atomic E-state index is 0.151. The highest BCUT2D eigenvalue weighted by Gasteiger charge is 2.40. The monoisotopic (exact) mass is 445 g/mol. The third-order valence-electron chi connectivity index (χ3n) is 8.03. The number of carbonyl (C=O) groups excluding carboxylic acids is 1. The molecule has 3 aromatic rings. The number of hydrogen-bond acceptors (Lipinski definition) is 5. The zero-order valence-corrected chi connectivity index (χ0v) is 19.4. The second-order valence-corrected chi connectivity index (χ2v) is 9.79. The van der Waals surface area contributed by atoms with E-state index >= 15 is 0 Å². The fourth-order valence-corrected chi connectivity index (χ4v) is 6.21. The smallest absolute Gasteiger partial charge is 0.254 e. The Morgan fingerprint density at radius 2 is 1.82 bits per heavy atom. The van der Waals surface area contributed by atoms with Gasteiger partial charge in [-0.1, -0.05) is 18.6 Å². The topological polar surface area (TPSA) is 63.5 Å². The Labute approximate surface area is 194 Å². The Morgan fingerprint density at radius 1 is 1.06 bits per heavy atom. The van der Waals surface area contributed by atoms with Gasteiger partial charge in [0.25, 0.3) is 5.91 Å². The summed E-state index contributed by atoms with van der Waals surface area (Å²) < 4.78 is 7.21. The van der Waals surface area contributed by atoms with Crippen molar-refractivity contribution in [3.63, 3.8) is 0 Å². The van der Waals surface area contributed by atoms with Gasteiger partial charge in [0.1, 0.15) is 5.75 Å². The van der Waals surface area contributed by atoms with Crippen LogP contribution in [-0.2, 0) is 13.0 Å². The van der Waals surface area contributed by atoms with E-state index in [4.69, 9.17) is 9.84 Å². The minimum Gasteiger partial charge on any atom is -0.497 e. The van der Waals surface area contributed by atoms with Crippen LogP contribution in [0, 0.1) is 0 Å². The maximum absolute atomic E-state index is 13.8. The first-order valence-corrected chi connectivity index (χ1v) is 12.1. The van der Waals surface area contributed by atoms with Crippen LogP contribution >= 0.6 is 0 Å². The zero-order valence-electron chi connectivity index (χ0n) is 19.4. The molecule has 2 saturated heterocycles. The van der Waals surface area contributed by atoms with Crippen molar-refractivity contribution in [3.05, 3.63) is 53.3 Å². The molecule has 5 heterocycles. The number of hydrogen-bond donors (Lipinski definition) is 0. The summed E-state index contributed by atoms with van der Waals surface area (Å²) in [5, 5.41) is 5.87. The molecule has 6 rings (SSSR count). The number of amides is 1. The van der Waals surface area contributed by atoms with Gasteiger partial charge in [0, 0.05) is 37.3 Å². The van der Waals surface area contributed by atoms with Crippen molar-refractivity contribution in [2.45, 2.75) is 63.2 Å². The van der Waals surface area contributed by atoms with Gasteiger partial charge in [0.15, 0.2) is 5.65 Å². The number of benzene rings is 1. The van der Waals surface area contributed by atoms with Crippen molar-refractivity contribution in [3.8, 4) is 5.75 Å². The lowest BCUT2D eigenvalue weighted by Gasteiger charge is -2.49. The molecular formula is C26H31N5O2. The first kappa shape index (κ1) is 20.7. The normalized spacial score (nSPS) is 25.3. The summed E-state index contributed by atoms with van der Waals surface area (Å²) in [6.07, 6.45) is 8.53. The lowest BCUT2D eigenvalue weighted by molar-refractivity contribution is 0.0106. The Kier molecular flexibility index (Phi) is 5.09. The molecule has 3 aliphatic rings. The Morgan fingerprint density at radius 3 is 2.55 bits per heavy atom. The lowest BCUT2D eigenvalue weighted by atomic mass is 9.81. The first-order chi connectivity index (χ1) is 16.1. The fraction of sp³-hybridized carbons (Fsp3) is 0.500. The molecule has 0 radical (unpaired) electrons. The van der Waals surface area contributed by atoms with Crippen LogP contribution in [0.1, 0.15) is 53.7 Å². The van der Waals surface area contributed by atoms with Crippen molar-refractivity contribution < 1.29 is 9.53 Å². The molecule has 3 aliphatic heterocycles. The van der Waals surface area contributed by atoms with Gasteiger partial charge in [-0.2, -0.15) is 5.10 Å². The molecule has 0 saturated carbocycles. The summed E-state index contributed by atoms with van der Waals surface area (Å²) in [6, 6.07) is 11.4. The number of nitrogens with zero attached hydrogens (tertiary/aromatic N) is 5. The molecule has 2 bridgehead atoms. The summed E-state index contributed by atoms with van der Waals surface area (Å²) in [6.45, 7) is 1.35. The second kappa shape index (κ2) is 8.13. The van der Waals surface area contributed by atoms with Crippen molar-refractivity contribution >= 4 is 16.9 Å². The highest BCUT2D eigenvalue weighted by atomic mass is 16.5. The highest BCUT2D eigenvalue weighted by molar-refractivity contribution is 6.07. The van der Waals surface area contributed by atoms with Crippen LogP contribution in [0.2, 0.25) is 0 Å². The standard InChI is InChI=1S/C26H31N5O2/c1-29-18-4-3-5-19(29)15-20(14-18)30-13-11-23-24-22(26(30)32)10-12-27-25(24)31(28-23)16-17-6-8-21(33-2)9-7-17/h6-10,12,18-20H,3-5,11,13-16H2,1-2H3. The molecule has 33 heavy (non-hydrogen) atoms. The van der Waals surface area contributed by atoms with Gasteiger partial charge in [-0.05, 0) is 56.5 Å². The van der Waals surface area contributed by atoms with Crippen LogP contribution in [-0.4, -0.2) is 69.3 Å². The second-order valence-electron chi connectivity index (χ2n) is 9.79. The van der Waals surface area contributed by atoms with Crippen molar-refractivity contribution in [1.29, 1.82) is 0 Å². The Hall–Kier alpha value is -2.93. The number of carbonyl (C=O) groups is 1. The number of ether oxygens (including phenoxy) is 1. The van der Waals surface area contributed by atoms with Gasteiger partial charge >= 0.3 is 0 Å². The molecule has 7 heteroatoms. The largest absolute Gasteiger partial charge is 0.497 e. The van der Waals surface area contributed by atoms with Crippen LogP contribution in [0.5, 0.6) is 5.75 Å². The zero-order chi connectivity index (χ0) is 22.5. The van der Waals surface area contributed by atoms with E-state index in [1.807, 2.05) is 35.0 Å². The summed E-state index contributed by atoms with van der Waals surface area (Å²) in [5.41, 5.74) is 3.68. The Balaban J connectivity index is 1.31. The molecule has 2 unspecified atom stereocenters. The number of aromatic nitrogens is 3. The van der Waals surface area contributed by atoms with E-state index in [0.29, 0.717) is 24.7 Å². The summed E-state index contributed by atoms with van der Waals surface area (Å²) in [5.74, 6) is 0.987. The molecule has 7 nitrogen and oxygen atoms in total. The molecule has 2 aromatic heterocycles. The van der Waals surface area contributed by atoms with Gasteiger partial charge in [-0.25, -0.2) is 9.67 Å². The van der Waals surface area contributed by atoms with Crippen LogP contribution in [0.3, 0.4) is 0 Å². The van der Waals surface area contributed by atoms with Gasteiger partial charge < -0.3 is 14.5 Å². The van der Waals surface area contributed by atoms with E-state index in [-0.39, 0.29) is 5.91 Å². The van der Waals surface area contributed by atoms with Crippen molar-refractivity contribution in [2.24, 2.45) is 0 Å². The average Bonchev–Trinajstić information content (AvgIpc) is 3.10. The SMILES string of the molecule is COc1ccc(Cn2nc3c4c(ccnc42)C(=O)N(C2CC4CCCC(C2)N4C)CC3)cc1. The third-order valence-corrected chi connectivity index (χ3v) is 8.03. The quantitative estimate of drug-likeness (QED) is 0.615. The number of rotatable bonds is 4. The van der Waals surface area contributed by atoms with E-state index in [0.717, 1.165) is 59.4 Å². The molecule has 0 N–H and O–H groups in total. The van der Waals surface area contributed by atoms with Crippen molar-refractivity contribution in [2.75, 3.05) is 20.7 Å². The summed E-state index contributed by atoms with van der Waals surface area (Å²) in [4.78, 5) is 23.2. The van der Waals surface area contributed by atoms with Gasteiger partial charge in [0.2, 0.25) is 0 Å². The first-order valence-electron chi connectivity index (χ1n) is 12.1. The maximum atomic E-state index is 13.8. The highest BCUT2D eigenvalue weighted by Crippen LogP contribution is 2.36. The van der Waals surface area contributed by atoms with Crippen LogP contribution < -0.4 is 4.74 Å². The number of methoxy groups -OCH3 is 1.